The number of hydrogen-bond donors (Lipinski definition) is 1. The van der Waals surface area contributed by atoms with Crippen molar-refractivity contribution < 1.29 is 9.90 Å². The van der Waals surface area contributed by atoms with Crippen molar-refractivity contribution in [3.8, 4) is 0 Å². The van der Waals surface area contributed by atoms with Crippen LogP contribution in [0.25, 0.3) is 10.4 Å². The molecular weight excluding hydrogens is 158 g/mol. The summed E-state index contributed by atoms with van der Waals surface area (Å²) in [6.45, 7) is 0. The highest BCUT2D eigenvalue weighted by atomic mass is 16.4. The van der Waals surface area contributed by atoms with Gasteiger partial charge in [-0.1, -0.05) is 17.3 Å². The van der Waals surface area contributed by atoms with E-state index in [9.17, 15) is 4.79 Å². The van der Waals surface area contributed by atoms with E-state index in [1.165, 1.54) is 0 Å². The van der Waals surface area contributed by atoms with Crippen LogP contribution >= 0.6 is 0 Å². The molecule has 5 heteroatoms. The molecule has 2 atom stereocenters. The van der Waals surface area contributed by atoms with Crippen molar-refractivity contribution in [3.63, 3.8) is 0 Å². The molecule has 0 unspecified atom stereocenters. The Bertz CT molecular complexity index is 255. The second kappa shape index (κ2) is 3.78. The highest BCUT2D eigenvalue weighted by Crippen LogP contribution is 2.20. The topological polar surface area (TPSA) is 86.1 Å². The number of aliphatic carboxylic acids is 1. The van der Waals surface area contributed by atoms with Crippen LogP contribution in [-0.4, -0.2) is 17.1 Å². The first-order valence-corrected chi connectivity index (χ1v) is 3.67. The Morgan fingerprint density at radius 1 is 1.75 bits per heavy atom. The van der Waals surface area contributed by atoms with Crippen LogP contribution < -0.4 is 0 Å². The smallest absolute Gasteiger partial charge is 0.306 e. The number of carboxylic acids is 1. The van der Waals surface area contributed by atoms with Crippen LogP contribution in [-0.2, 0) is 4.79 Å². The quantitative estimate of drug-likeness (QED) is 0.294. The zero-order valence-electron chi connectivity index (χ0n) is 6.42. The summed E-state index contributed by atoms with van der Waals surface area (Å²) >= 11 is 0. The van der Waals surface area contributed by atoms with Crippen molar-refractivity contribution >= 4 is 5.97 Å². The molecule has 0 aromatic heterocycles. The summed E-state index contributed by atoms with van der Waals surface area (Å²) in [5.74, 6) is -1.22. The van der Waals surface area contributed by atoms with Gasteiger partial charge < -0.3 is 5.11 Å². The third-order valence-corrected chi connectivity index (χ3v) is 1.85. The summed E-state index contributed by atoms with van der Waals surface area (Å²) in [5.41, 5.74) is 8.12. The lowest BCUT2D eigenvalue weighted by atomic mass is 9.92. The molecule has 5 nitrogen and oxygen atoms in total. The summed E-state index contributed by atoms with van der Waals surface area (Å²) < 4.78 is 0. The Hall–Kier alpha value is -1.48. The third kappa shape index (κ3) is 2.00. The number of hydrogen-bond acceptors (Lipinski definition) is 2. The molecular formula is C7H9N3O2. The molecule has 0 fully saturated rings. The molecule has 0 heterocycles. The highest BCUT2D eigenvalue weighted by molar-refractivity contribution is 5.70. The molecule has 1 aliphatic rings. The maximum Gasteiger partial charge on any atom is 0.306 e. The normalized spacial score (nSPS) is 27.7. The van der Waals surface area contributed by atoms with Crippen LogP contribution in [0, 0.1) is 5.92 Å². The second-order valence-electron chi connectivity index (χ2n) is 2.71. The Kier molecular flexibility index (Phi) is 2.71. The van der Waals surface area contributed by atoms with E-state index in [4.69, 9.17) is 10.6 Å². The van der Waals surface area contributed by atoms with Gasteiger partial charge in [0.25, 0.3) is 0 Å². The summed E-state index contributed by atoms with van der Waals surface area (Å²) in [4.78, 5) is 13.2. The average molecular weight is 167 g/mol. The molecule has 1 N–H and O–H groups in total. The van der Waals surface area contributed by atoms with Crippen molar-refractivity contribution in [1.82, 2.24) is 0 Å². The van der Waals surface area contributed by atoms with E-state index in [0.29, 0.717) is 12.8 Å². The molecule has 0 bridgehead atoms. The van der Waals surface area contributed by atoms with Crippen LogP contribution in [0.2, 0.25) is 0 Å². The summed E-state index contributed by atoms with van der Waals surface area (Å²) in [5, 5.41) is 12.1. The van der Waals surface area contributed by atoms with Crippen molar-refractivity contribution in [2.45, 2.75) is 18.9 Å². The van der Waals surface area contributed by atoms with Crippen molar-refractivity contribution in [2.75, 3.05) is 0 Å². The van der Waals surface area contributed by atoms with Gasteiger partial charge in [-0.25, -0.2) is 0 Å². The number of carbonyl (C=O) groups is 1. The Labute approximate surface area is 69.3 Å². The van der Waals surface area contributed by atoms with Gasteiger partial charge >= 0.3 is 5.97 Å². The highest BCUT2D eigenvalue weighted by Gasteiger charge is 2.22. The molecule has 0 aliphatic heterocycles. The molecule has 0 spiro atoms. The van der Waals surface area contributed by atoms with Crippen LogP contribution in [0.3, 0.4) is 0 Å². The Morgan fingerprint density at radius 3 is 3.08 bits per heavy atom. The number of azide groups is 1. The van der Waals surface area contributed by atoms with Crippen molar-refractivity contribution in [2.24, 2.45) is 11.0 Å². The summed E-state index contributed by atoms with van der Waals surface area (Å²) in [6.07, 6.45) is 4.45. The van der Waals surface area contributed by atoms with Crippen molar-refractivity contribution in [1.29, 1.82) is 0 Å². The zero-order valence-corrected chi connectivity index (χ0v) is 6.42. The molecule has 1 aliphatic carbocycles. The number of allylic oxidation sites excluding steroid dienone is 1. The fourth-order valence-corrected chi connectivity index (χ4v) is 1.22. The lowest BCUT2D eigenvalue weighted by Crippen LogP contribution is -2.20. The molecule has 0 amide bonds. The maximum atomic E-state index is 10.5. The summed E-state index contributed by atoms with van der Waals surface area (Å²) in [6, 6.07) is -0.287. The minimum Gasteiger partial charge on any atom is -0.481 e. The Balaban J connectivity index is 2.62. The van der Waals surface area contributed by atoms with Gasteiger partial charge in [0.15, 0.2) is 0 Å². The number of rotatable bonds is 2. The molecule has 1 rings (SSSR count). The van der Waals surface area contributed by atoms with Gasteiger partial charge in [-0.15, -0.1) is 0 Å². The Morgan fingerprint density at radius 2 is 2.50 bits per heavy atom. The number of carboxylic acid groups (broad SMARTS) is 1. The van der Waals surface area contributed by atoms with Gasteiger partial charge in [0.2, 0.25) is 0 Å². The van der Waals surface area contributed by atoms with Crippen molar-refractivity contribution in [3.05, 3.63) is 22.6 Å². The van der Waals surface area contributed by atoms with Gasteiger partial charge in [0.1, 0.15) is 0 Å². The molecule has 0 saturated heterocycles. The molecule has 0 radical (unpaired) electrons. The predicted octanol–water partition coefficient (Wildman–Crippen LogP) is 1.72. The van der Waals surface area contributed by atoms with Gasteiger partial charge in [0.05, 0.1) is 12.0 Å². The second-order valence-corrected chi connectivity index (χ2v) is 2.71. The minimum atomic E-state index is -0.822. The predicted molar refractivity (Wildman–Crippen MR) is 42.4 cm³/mol. The molecule has 64 valence electrons. The van der Waals surface area contributed by atoms with Gasteiger partial charge in [-0.3, -0.25) is 4.79 Å². The standard InChI is InChI=1S/C7H9N3O2/c8-10-9-6-3-1-2-5(4-6)7(11)12/h1,3,5-6H,2,4H2,(H,11,12)/t5-,6-/m1/s1. The van der Waals surface area contributed by atoms with E-state index in [1.807, 2.05) is 0 Å². The maximum absolute atomic E-state index is 10.5. The number of nitrogens with zero attached hydrogens (tertiary/aromatic N) is 3. The van der Waals surface area contributed by atoms with E-state index >= 15 is 0 Å². The molecule has 12 heavy (non-hydrogen) atoms. The molecule has 0 aromatic rings. The third-order valence-electron chi connectivity index (χ3n) is 1.85. The van der Waals surface area contributed by atoms with Gasteiger partial charge in [0, 0.05) is 4.91 Å². The zero-order chi connectivity index (χ0) is 8.97. The van der Waals surface area contributed by atoms with Crippen LogP contribution in [0.15, 0.2) is 17.3 Å². The molecule has 0 saturated carbocycles. The van der Waals surface area contributed by atoms with E-state index < -0.39 is 11.9 Å². The first-order chi connectivity index (χ1) is 5.74. The van der Waals surface area contributed by atoms with Crippen LogP contribution in [0.4, 0.5) is 0 Å². The van der Waals surface area contributed by atoms with E-state index in [1.54, 1.807) is 12.2 Å². The minimum absolute atomic E-state index is 0.287. The van der Waals surface area contributed by atoms with Crippen LogP contribution in [0.5, 0.6) is 0 Å². The fraction of sp³-hybridized carbons (Fsp3) is 0.571. The lowest BCUT2D eigenvalue weighted by molar-refractivity contribution is -0.142. The monoisotopic (exact) mass is 167 g/mol. The van der Waals surface area contributed by atoms with E-state index in [0.717, 1.165) is 0 Å². The SMILES string of the molecule is [N-]=[N+]=N[C@@H]1C=CC[C@@H](C(=O)O)C1. The molecule has 0 aromatic carbocycles. The first-order valence-electron chi connectivity index (χ1n) is 3.67. The van der Waals surface area contributed by atoms with E-state index in [-0.39, 0.29) is 6.04 Å². The summed E-state index contributed by atoms with van der Waals surface area (Å²) in [7, 11) is 0. The lowest BCUT2D eigenvalue weighted by Gasteiger charge is -2.17. The first kappa shape index (κ1) is 8.62. The van der Waals surface area contributed by atoms with Gasteiger partial charge in [-0.2, -0.15) is 0 Å². The van der Waals surface area contributed by atoms with Gasteiger partial charge in [-0.05, 0) is 18.4 Å². The average Bonchev–Trinajstić information content (AvgIpc) is 2.05. The van der Waals surface area contributed by atoms with Crippen LogP contribution in [0.1, 0.15) is 12.8 Å². The fourth-order valence-electron chi connectivity index (χ4n) is 1.22. The largest absolute Gasteiger partial charge is 0.481 e. The van der Waals surface area contributed by atoms with E-state index in [2.05, 4.69) is 10.0 Å².